The SMILES string of the molecule is Cc1ccc(CC(=O)NCc2ccc3c(c2)CN(C2CCCC(=O)NC2=O)C3=O)cc1. The van der Waals surface area contributed by atoms with Crippen molar-refractivity contribution in [1.82, 2.24) is 15.5 Å². The van der Waals surface area contributed by atoms with E-state index in [1.165, 1.54) is 0 Å². The van der Waals surface area contributed by atoms with Gasteiger partial charge in [-0.1, -0.05) is 42.0 Å². The van der Waals surface area contributed by atoms with Gasteiger partial charge in [-0.05, 0) is 42.5 Å². The van der Waals surface area contributed by atoms with Crippen molar-refractivity contribution < 1.29 is 19.2 Å². The van der Waals surface area contributed by atoms with Gasteiger partial charge in [0.05, 0.1) is 6.42 Å². The molecule has 0 saturated carbocycles. The Hall–Kier alpha value is -3.48. The lowest BCUT2D eigenvalue weighted by Gasteiger charge is -2.24. The van der Waals surface area contributed by atoms with Crippen molar-refractivity contribution in [2.24, 2.45) is 0 Å². The van der Waals surface area contributed by atoms with Crippen molar-refractivity contribution in [3.63, 3.8) is 0 Å². The number of hydrogen-bond donors (Lipinski definition) is 2. The van der Waals surface area contributed by atoms with Crippen molar-refractivity contribution in [1.29, 1.82) is 0 Å². The second kappa shape index (κ2) is 8.71. The Morgan fingerprint density at radius 1 is 1.10 bits per heavy atom. The van der Waals surface area contributed by atoms with Crippen LogP contribution < -0.4 is 10.6 Å². The Balaban J connectivity index is 1.39. The Labute approximate surface area is 180 Å². The molecule has 2 N–H and O–H groups in total. The van der Waals surface area contributed by atoms with Crippen molar-refractivity contribution in [3.8, 4) is 0 Å². The second-order valence-electron chi connectivity index (χ2n) is 8.18. The maximum absolute atomic E-state index is 12.8. The van der Waals surface area contributed by atoms with E-state index in [0.717, 1.165) is 22.3 Å². The lowest BCUT2D eigenvalue weighted by molar-refractivity contribution is -0.132. The maximum Gasteiger partial charge on any atom is 0.255 e. The van der Waals surface area contributed by atoms with Crippen LogP contribution in [0.2, 0.25) is 0 Å². The summed E-state index contributed by atoms with van der Waals surface area (Å²) in [4.78, 5) is 50.6. The normalized spacial score (nSPS) is 18.4. The summed E-state index contributed by atoms with van der Waals surface area (Å²) in [5.74, 6) is -0.964. The Morgan fingerprint density at radius 3 is 2.61 bits per heavy atom. The van der Waals surface area contributed by atoms with Gasteiger partial charge < -0.3 is 10.2 Å². The molecule has 4 amide bonds. The summed E-state index contributed by atoms with van der Waals surface area (Å²) in [5, 5.41) is 5.28. The van der Waals surface area contributed by atoms with Crippen LogP contribution in [0.3, 0.4) is 0 Å². The zero-order valence-corrected chi connectivity index (χ0v) is 17.4. The van der Waals surface area contributed by atoms with Gasteiger partial charge in [0.15, 0.2) is 0 Å². The predicted molar refractivity (Wildman–Crippen MR) is 114 cm³/mol. The van der Waals surface area contributed by atoms with Crippen molar-refractivity contribution in [3.05, 3.63) is 70.3 Å². The molecule has 1 atom stereocenters. The number of amides is 4. The predicted octanol–water partition coefficient (Wildman–Crippen LogP) is 2.01. The summed E-state index contributed by atoms with van der Waals surface area (Å²) in [6.45, 7) is 2.70. The molecule has 7 nitrogen and oxygen atoms in total. The number of aryl methyl sites for hydroxylation is 1. The van der Waals surface area contributed by atoms with Crippen LogP contribution in [0.5, 0.6) is 0 Å². The van der Waals surface area contributed by atoms with Crippen LogP contribution in [0.4, 0.5) is 0 Å². The van der Waals surface area contributed by atoms with Crippen LogP contribution in [-0.4, -0.2) is 34.6 Å². The van der Waals surface area contributed by atoms with Crippen LogP contribution in [0.25, 0.3) is 0 Å². The average Bonchev–Trinajstić information content (AvgIpc) is 2.96. The molecule has 2 aromatic carbocycles. The van der Waals surface area contributed by atoms with Crippen LogP contribution in [-0.2, 0) is 33.9 Å². The molecule has 2 aromatic rings. The summed E-state index contributed by atoms with van der Waals surface area (Å²) >= 11 is 0. The number of carbonyl (C=O) groups is 4. The zero-order valence-electron chi connectivity index (χ0n) is 17.4. The molecule has 0 aromatic heterocycles. The molecule has 1 fully saturated rings. The molecule has 160 valence electrons. The van der Waals surface area contributed by atoms with E-state index in [9.17, 15) is 19.2 Å². The first-order valence-corrected chi connectivity index (χ1v) is 10.5. The molecule has 2 aliphatic heterocycles. The van der Waals surface area contributed by atoms with Gasteiger partial charge in [0, 0.05) is 25.1 Å². The molecule has 31 heavy (non-hydrogen) atoms. The van der Waals surface area contributed by atoms with Gasteiger partial charge in [-0.25, -0.2) is 0 Å². The topological polar surface area (TPSA) is 95.6 Å². The summed E-state index contributed by atoms with van der Waals surface area (Å²) in [6, 6.07) is 12.7. The first-order valence-electron chi connectivity index (χ1n) is 10.5. The zero-order chi connectivity index (χ0) is 22.0. The smallest absolute Gasteiger partial charge is 0.255 e. The van der Waals surface area contributed by atoms with Crippen molar-refractivity contribution in [2.45, 2.75) is 51.7 Å². The minimum absolute atomic E-state index is 0.0677. The van der Waals surface area contributed by atoms with E-state index in [4.69, 9.17) is 0 Å². The van der Waals surface area contributed by atoms with Gasteiger partial charge in [-0.3, -0.25) is 24.5 Å². The van der Waals surface area contributed by atoms with E-state index < -0.39 is 11.9 Å². The highest BCUT2D eigenvalue weighted by Gasteiger charge is 2.37. The van der Waals surface area contributed by atoms with Gasteiger partial charge >= 0.3 is 0 Å². The Kier molecular flexibility index (Phi) is 5.84. The number of benzene rings is 2. The number of fused-ring (bicyclic) bond motifs is 1. The number of carbonyl (C=O) groups excluding carboxylic acids is 4. The largest absolute Gasteiger partial charge is 0.352 e. The fourth-order valence-corrected chi connectivity index (χ4v) is 4.08. The molecule has 4 rings (SSSR count). The monoisotopic (exact) mass is 419 g/mol. The van der Waals surface area contributed by atoms with Crippen LogP contribution in [0.1, 0.15) is 51.9 Å². The molecule has 0 aliphatic carbocycles. The Morgan fingerprint density at radius 2 is 1.84 bits per heavy atom. The van der Waals surface area contributed by atoms with Crippen LogP contribution in [0.15, 0.2) is 42.5 Å². The van der Waals surface area contributed by atoms with Gasteiger partial charge in [-0.15, -0.1) is 0 Å². The van der Waals surface area contributed by atoms with E-state index in [2.05, 4.69) is 10.6 Å². The molecule has 1 unspecified atom stereocenters. The first-order chi connectivity index (χ1) is 14.9. The maximum atomic E-state index is 12.8. The van der Waals surface area contributed by atoms with Gasteiger partial charge in [0.25, 0.3) is 5.91 Å². The molecule has 0 radical (unpaired) electrons. The average molecular weight is 419 g/mol. The van der Waals surface area contributed by atoms with Gasteiger partial charge in [0.1, 0.15) is 6.04 Å². The van der Waals surface area contributed by atoms with E-state index >= 15 is 0 Å². The second-order valence-corrected chi connectivity index (χ2v) is 8.18. The lowest BCUT2D eigenvalue weighted by Crippen LogP contribution is -2.46. The number of nitrogens with one attached hydrogen (secondary N) is 2. The van der Waals surface area contributed by atoms with Crippen molar-refractivity contribution >= 4 is 23.6 Å². The number of hydrogen-bond acceptors (Lipinski definition) is 4. The minimum Gasteiger partial charge on any atom is -0.352 e. The van der Waals surface area contributed by atoms with E-state index in [1.807, 2.05) is 43.3 Å². The van der Waals surface area contributed by atoms with Gasteiger partial charge in [0.2, 0.25) is 17.7 Å². The third kappa shape index (κ3) is 4.66. The third-order valence-electron chi connectivity index (χ3n) is 5.80. The molecule has 0 spiro atoms. The number of imide groups is 1. The molecular weight excluding hydrogens is 394 g/mol. The summed E-state index contributed by atoms with van der Waals surface area (Å²) in [5.41, 5.74) is 4.40. The van der Waals surface area contributed by atoms with Crippen LogP contribution >= 0.6 is 0 Å². The summed E-state index contributed by atoms with van der Waals surface area (Å²) < 4.78 is 0. The molecule has 2 aliphatic rings. The highest BCUT2D eigenvalue weighted by Crippen LogP contribution is 2.28. The molecule has 2 heterocycles. The van der Waals surface area contributed by atoms with Crippen molar-refractivity contribution in [2.75, 3.05) is 0 Å². The van der Waals surface area contributed by atoms with Gasteiger partial charge in [-0.2, -0.15) is 0 Å². The standard InChI is InChI=1S/C24H25N3O4/c1-15-5-7-16(8-6-15)12-22(29)25-13-17-9-10-19-18(11-17)14-27(24(19)31)20-3-2-4-21(28)26-23(20)30/h5-11,20H,2-4,12-14H2,1H3,(H,25,29)(H,26,28,30). The van der Waals surface area contributed by atoms with E-state index in [0.29, 0.717) is 44.3 Å². The fourth-order valence-electron chi connectivity index (χ4n) is 4.08. The highest BCUT2D eigenvalue weighted by molar-refractivity contribution is 6.04. The number of nitrogens with zero attached hydrogens (tertiary/aromatic N) is 1. The summed E-state index contributed by atoms with van der Waals surface area (Å²) in [7, 11) is 0. The minimum atomic E-state index is -0.635. The molecule has 1 saturated heterocycles. The molecule has 7 heteroatoms. The molecule has 0 bridgehead atoms. The Bertz CT molecular complexity index is 1050. The quantitative estimate of drug-likeness (QED) is 0.725. The summed E-state index contributed by atoms with van der Waals surface area (Å²) in [6.07, 6.45) is 1.65. The third-order valence-corrected chi connectivity index (χ3v) is 5.80. The lowest BCUT2D eigenvalue weighted by atomic mass is 10.1. The fraction of sp³-hybridized carbons (Fsp3) is 0.333. The van der Waals surface area contributed by atoms with Crippen LogP contribution in [0, 0.1) is 6.92 Å². The van der Waals surface area contributed by atoms with E-state index in [-0.39, 0.29) is 17.7 Å². The first kappa shape index (κ1) is 20.8. The molecular formula is C24H25N3O4. The van der Waals surface area contributed by atoms with E-state index in [1.54, 1.807) is 11.0 Å². The number of rotatable bonds is 5. The highest BCUT2D eigenvalue weighted by atomic mass is 16.2.